The fourth-order valence-electron chi connectivity index (χ4n) is 3.50. The van der Waals surface area contributed by atoms with Gasteiger partial charge in [-0.05, 0) is 24.6 Å². The zero-order chi connectivity index (χ0) is 24.3. The van der Waals surface area contributed by atoms with Gasteiger partial charge in [0, 0.05) is 38.3 Å². The van der Waals surface area contributed by atoms with Crippen molar-refractivity contribution in [2.45, 2.75) is 58.4 Å². The molecule has 2 unspecified atom stereocenters. The van der Waals surface area contributed by atoms with Crippen molar-refractivity contribution < 1.29 is 47.6 Å². The summed E-state index contributed by atoms with van der Waals surface area (Å²) in [5, 5.41) is 11.5. The standard InChI is InChI=1S/C22H24O11/c1-10-7-18(26)32-16-8-14(5-6-15(10)16)31-22-19(27)21(30-13(4)25)20(29-12(3)24)17(33-22)9-28-11(2)23/h5-8,17,19-22,27H,9H2,1-4H3/t17?,19?,20-,21-,22+/m0/s1. The summed E-state index contributed by atoms with van der Waals surface area (Å²) in [7, 11) is 0. The first-order valence-electron chi connectivity index (χ1n) is 10.1. The Hall–Kier alpha value is -3.44. The van der Waals surface area contributed by atoms with Gasteiger partial charge < -0.3 is 33.2 Å². The van der Waals surface area contributed by atoms with E-state index in [1.807, 2.05) is 0 Å². The second-order valence-corrected chi connectivity index (χ2v) is 7.51. The molecule has 5 atom stereocenters. The SMILES string of the molecule is CC(=O)OCC1O[C@@H](Oc2ccc3c(C)cc(=O)oc3c2)C(O)[C@H](OC(C)=O)[C@H]1OC(C)=O. The number of ether oxygens (including phenoxy) is 5. The van der Waals surface area contributed by atoms with Crippen LogP contribution in [0.5, 0.6) is 5.75 Å². The highest BCUT2D eigenvalue weighted by Gasteiger charge is 2.50. The molecule has 11 heteroatoms. The van der Waals surface area contributed by atoms with Crippen LogP contribution in [0.1, 0.15) is 26.3 Å². The summed E-state index contributed by atoms with van der Waals surface area (Å²) in [6.45, 7) is 4.84. The van der Waals surface area contributed by atoms with E-state index in [0.29, 0.717) is 10.9 Å². The predicted octanol–water partition coefficient (Wildman–Crippen LogP) is 0.993. The summed E-state index contributed by atoms with van der Waals surface area (Å²) in [5.74, 6) is -1.90. The number of aliphatic hydroxyl groups is 1. The molecule has 1 N–H and O–H groups in total. The van der Waals surface area contributed by atoms with Gasteiger partial charge in [-0.1, -0.05) is 0 Å². The zero-order valence-corrected chi connectivity index (χ0v) is 18.4. The third-order valence-electron chi connectivity index (χ3n) is 4.84. The van der Waals surface area contributed by atoms with E-state index in [-0.39, 0.29) is 17.9 Å². The van der Waals surface area contributed by atoms with Crippen molar-refractivity contribution in [3.63, 3.8) is 0 Å². The van der Waals surface area contributed by atoms with Crippen LogP contribution < -0.4 is 10.4 Å². The van der Waals surface area contributed by atoms with Gasteiger partial charge in [0.1, 0.15) is 24.0 Å². The Balaban J connectivity index is 1.92. The molecule has 1 aromatic heterocycles. The minimum absolute atomic E-state index is 0.180. The lowest BCUT2D eigenvalue weighted by Gasteiger charge is -2.42. The molecule has 1 aliphatic rings. The van der Waals surface area contributed by atoms with E-state index in [0.717, 1.165) is 13.8 Å². The van der Waals surface area contributed by atoms with Gasteiger partial charge in [0.15, 0.2) is 18.3 Å². The highest BCUT2D eigenvalue weighted by Crippen LogP contribution is 2.30. The van der Waals surface area contributed by atoms with E-state index in [1.54, 1.807) is 19.1 Å². The Morgan fingerprint density at radius 1 is 1.00 bits per heavy atom. The number of benzene rings is 1. The van der Waals surface area contributed by atoms with E-state index >= 15 is 0 Å². The summed E-state index contributed by atoms with van der Waals surface area (Å²) in [4.78, 5) is 46.3. The second-order valence-electron chi connectivity index (χ2n) is 7.51. The van der Waals surface area contributed by atoms with Gasteiger partial charge in [-0.15, -0.1) is 0 Å². The quantitative estimate of drug-likeness (QED) is 0.371. The molecule has 11 nitrogen and oxygen atoms in total. The van der Waals surface area contributed by atoms with Crippen molar-refractivity contribution in [1.82, 2.24) is 0 Å². The van der Waals surface area contributed by atoms with E-state index < -0.39 is 54.2 Å². The van der Waals surface area contributed by atoms with Crippen molar-refractivity contribution in [3.05, 3.63) is 40.2 Å². The maximum Gasteiger partial charge on any atom is 0.336 e. The lowest BCUT2D eigenvalue weighted by molar-refractivity contribution is -0.285. The van der Waals surface area contributed by atoms with Gasteiger partial charge in [-0.25, -0.2) is 4.79 Å². The Labute approximate surface area is 188 Å². The van der Waals surface area contributed by atoms with Crippen molar-refractivity contribution in [3.8, 4) is 5.75 Å². The van der Waals surface area contributed by atoms with Crippen LogP contribution in [-0.2, 0) is 33.3 Å². The number of fused-ring (bicyclic) bond motifs is 1. The number of carbonyl (C=O) groups excluding carboxylic acids is 3. The van der Waals surface area contributed by atoms with Crippen LogP contribution in [0.4, 0.5) is 0 Å². The molecular weight excluding hydrogens is 440 g/mol. The smallest absolute Gasteiger partial charge is 0.336 e. The largest absolute Gasteiger partial charge is 0.463 e. The summed E-state index contributed by atoms with van der Waals surface area (Å²) in [6.07, 6.45) is -6.73. The molecule has 2 aromatic rings. The minimum atomic E-state index is -1.58. The number of aliphatic hydroxyl groups excluding tert-OH is 1. The predicted molar refractivity (Wildman–Crippen MR) is 110 cm³/mol. The first-order chi connectivity index (χ1) is 15.5. The van der Waals surface area contributed by atoms with Crippen LogP contribution in [0.25, 0.3) is 11.0 Å². The summed E-state index contributed by atoms with van der Waals surface area (Å²) < 4.78 is 32.1. The molecule has 33 heavy (non-hydrogen) atoms. The molecule has 0 aliphatic carbocycles. The Bertz CT molecular complexity index is 1110. The number of rotatable bonds is 6. The monoisotopic (exact) mass is 464 g/mol. The van der Waals surface area contributed by atoms with E-state index in [2.05, 4.69) is 0 Å². The van der Waals surface area contributed by atoms with Crippen LogP contribution in [0.2, 0.25) is 0 Å². The van der Waals surface area contributed by atoms with E-state index in [9.17, 15) is 24.3 Å². The third-order valence-corrected chi connectivity index (χ3v) is 4.84. The zero-order valence-electron chi connectivity index (χ0n) is 18.4. The normalized spacial score (nSPS) is 24.7. The van der Waals surface area contributed by atoms with Gasteiger partial charge in [-0.2, -0.15) is 0 Å². The Morgan fingerprint density at radius 2 is 1.67 bits per heavy atom. The Morgan fingerprint density at radius 3 is 2.30 bits per heavy atom. The van der Waals surface area contributed by atoms with Crippen LogP contribution >= 0.6 is 0 Å². The number of hydrogen-bond acceptors (Lipinski definition) is 11. The average molecular weight is 464 g/mol. The third kappa shape index (κ3) is 5.88. The number of carbonyl (C=O) groups is 3. The lowest BCUT2D eigenvalue weighted by atomic mass is 9.98. The number of aryl methyl sites for hydroxylation is 1. The summed E-state index contributed by atoms with van der Waals surface area (Å²) in [5.41, 5.74) is 0.433. The first kappa shape index (κ1) is 24.2. The molecule has 1 fully saturated rings. The molecule has 1 aliphatic heterocycles. The molecule has 0 bridgehead atoms. The second kappa shape index (κ2) is 10.0. The van der Waals surface area contributed by atoms with Gasteiger partial charge in [0.25, 0.3) is 0 Å². The molecule has 2 heterocycles. The molecule has 1 saturated heterocycles. The van der Waals surface area contributed by atoms with Crippen molar-refractivity contribution in [2.75, 3.05) is 6.61 Å². The number of esters is 3. The van der Waals surface area contributed by atoms with Crippen LogP contribution in [-0.4, -0.2) is 60.3 Å². The summed E-state index contributed by atoms with van der Waals surface area (Å²) in [6, 6.07) is 6.04. The maximum atomic E-state index is 11.7. The van der Waals surface area contributed by atoms with Crippen molar-refractivity contribution >= 4 is 28.9 Å². The topological polar surface area (TPSA) is 148 Å². The molecule has 0 radical (unpaired) electrons. The van der Waals surface area contributed by atoms with E-state index in [4.69, 9.17) is 28.1 Å². The van der Waals surface area contributed by atoms with Crippen LogP contribution in [0.3, 0.4) is 0 Å². The highest BCUT2D eigenvalue weighted by molar-refractivity contribution is 5.81. The maximum absolute atomic E-state index is 11.7. The fourth-order valence-corrected chi connectivity index (χ4v) is 3.50. The summed E-state index contributed by atoms with van der Waals surface area (Å²) >= 11 is 0. The molecule has 0 amide bonds. The molecule has 178 valence electrons. The fraction of sp³-hybridized carbons (Fsp3) is 0.455. The van der Waals surface area contributed by atoms with Gasteiger partial charge in [0.05, 0.1) is 0 Å². The number of hydrogen-bond donors (Lipinski definition) is 1. The van der Waals surface area contributed by atoms with Crippen LogP contribution in [0.15, 0.2) is 33.5 Å². The minimum Gasteiger partial charge on any atom is -0.463 e. The molecule has 3 rings (SSSR count). The Kier molecular flexibility index (Phi) is 7.34. The lowest BCUT2D eigenvalue weighted by Crippen LogP contribution is -2.62. The average Bonchev–Trinajstić information content (AvgIpc) is 2.70. The molecule has 0 spiro atoms. The molecule has 1 aromatic carbocycles. The van der Waals surface area contributed by atoms with Crippen molar-refractivity contribution in [2.24, 2.45) is 0 Å². The first-order valence-corrected chi connectivity index (χ1v) is 10.1. The van der Waals surface area contributed by atoms with E-state index in [1.165, 1.54) is 19.1 Å². The molecular formula is C22H24O11. The molecule has 0 saturated carbocycles. The van der Waals surface area contributed by atoms with Crippen LogP contribution in [0, 0.1) is 6.92 Å². The van der Waals surface area contributed by atoms with Gasteiger partial charge in [0.2, 0.25) is 6.29 Å². The van der Waals surface area contributed by atoms with Gasteiger partial charge in [-0.3, -0.25) is 14.4 Å². The highest BCUT2D eigenvalue weighted by atomic mass is 16.7. The van der Waals surface area contributed by atoms with Gasteiger partial charge >= 0.3 is 23.5 Å². The van der Waals surface area contributed by atoms with Crippen molar-refractivity contribution in [1.29, 1.82) is 0 Å².